The van der Waals surface area contributed by atoms with Gasteiger partial charge in [-0.05, 0) is 43.2 Å². The molecule has 1 amide bonds. The second kappa shape index (κ2) is 9.03. The standard InChI is InChI=1S/C25H21N5O3S/c1-15-3-5-17(6-4-15)19-12-34-24-22(19)25(32)30(13-26-24)10-9-21(31)28-20-8-7-18(11-16(20)2)23-29-27-14-33-23/h3-8,11-14H,9-10H2,1-2H3,(H,28,31). The smallest absolute Gasteiger partial charge is 0.262 e. The van der Waals surface area contributed by atoms with E-state index in [4.69, 9.17) is 4.42 Å². The van der Waals surface area contributed by atoms with Gasteiger partial charge in [0.05, 0.1) is 11.7 Å². The van der Waals surface area contributed by atoms with E-state index in [9.17, 15) is 9.59 Å². The van der Waals surface area contributed by atoms with Gasteiger partial charge in [0.25, 0.3) is 5.56 Å². The third kappa shape index (κ3) is 4.25. The highest BCUT2D eigenvalue weighted by molar-refractivity contribution is 7.17. The predicted molar refractivity (Wildman–Crippen MR) is 132 cm³/mol. The van der Waals surface area contributed by atoms with E-state index >= 15 is 0 Å². The highest BCUT2D eigenvalue weighted by atomic mass is 32.1. The number of aryl methyl sites for hydroxylation is 3. The average Bonchev–Trinajstić information content (AvgIpc) is 3.51. The number of thiophene rings is 1. The minimum absolute atomic E-state index is 0.141. The number of fused-ring (bicyclic) bond motifs is 1. The lowest BCUT2D eigenvalue weighted by Crippen LogP contribution is -2.23. The van der Waals surface area contributed by atoms with Crippen molar-refractivity contribution in [3.05, 3.63) is 82.0 Å². The van der Waals surface area contributed by atoms with Crippen LogP contribution in [0.25, 0.3) is 32.8 Å². The Hall–Kier alpha value is -4.11. The van der Waals surface area contributed by atoms with Crippen molar-refractivity contribution < 1.29 is 9.21 Å². The first-order valence-corrected chi connectivity index (χ1v) is 11.6. The number of hydrogen-bond donors (Lipinski definition) is 1. The van der Waals surface area contributed by atoms with Crippen LogP contribution in [0.15, 0.2) is 69.8 Å². The van der Waals surface area contributed by atoms with Crippen molar-refractivity contribution in [3.63, 3.8) is 0 Å². The largest absolute Gasteiger partial charge is 0.423 e. The van der Waals surface area contributed by atoms with Crippen LogP contribution in [0.1, 0.15) is 17.5 Å². The van der Waals surface area contributed by atoms with Crippen LogP contribution < -0.4 is 10.9 Å². The van der Waals surface area contributed by atoms with Crippen molar-refractivity contribution in [3.8, 4) is 22.6 Å². The van der Waals surface area contributed by atoms with Gasteiger partial charge in [0.2, 0.25) is 18.2 Å². The van der Waals surface area contributed by atoms with Crippen LogP contribution in [-0.4, -0.2) is 25.7 Å². The molecule has 0 aliphatic carbocycles. The molecule has 0 atom stereocenters. The number of carbonyl (C=O) groups is 1. The molecule has 0 aliphatic rings. The summed E-state index contributed by atoms with van der Waals surface area (Å²) in [5.74, 6) is 0.228. The Morgan fingerprint density at radius 2 is 1.91 bits per heavy atom. The average molecular weight is 472 g/mol. The van der Waals surface area contributed by atoms with Crippen LogP contribution in [-0.2, 0) is 11.3 Å². The summed E-state index contributed by atoms with van der Waals surface area (Å²) >= 11 is 1.44. The van der Waals surface area contributed by atoms with E-state index in [2.05, 4.69) is 20.5 Å². The van der Waals surface area contributed by atoms with Gasteiger partial charge in [-0.15, -0.1) is 21.5 Å². The summed E-state index contributed by atoms with van der Waals surface area (Å²) in [6.07, 6.45) is 2.92. The molecular weight excluding hydrogens is 450 g/mol. The van der Waals surface area contributed by atoms with Crippen LogP contribution in [0.2, 0.25) is 0 Å². The highest BCUT2D eigenvalue weighted by Gasteiger charge is 2.14. The lowest BCUT2D eigenvalue weighted by atomic mass is 10.1. The maximum Gasteiger partial charge on any atom is 0.262 e. The van der Waals surface area contributed by atoms with E-state index in [-0.39, 0.29) is 24.4 Å². The lowest BCUT2D eigenvalue weighted by Gasteiger charge is -2.10. The molecule has 0 saturated carbocycles. The second-order valence-electron chi connectivity index (χ2n) is 8.01. The van der Waals surface area contributed by atoms with Crippen molar-refractivity contribution >= 4 is 33.1 Å². The SMILES string of the molecule is Cc1ccc(-c2csc3ncn(CCC(=O)Nc4ccc(-c5nnco5)cc4C)c(=O)c23)cc1. The van der Waals surface area contributed by atoms with Crippen molar-refractivity contribution in [2.75, 3.05) is 5.32 Å². The molecule has 0 unspecified atom stereocenters. The molecule has 9 heteroatoms. The zero-order valence-electron chi connectivity index (χ0n) is 18.6. The molecule has 0 aliphatic heterocycles. The first-order chi connectivity index (χ1) is 16.5. The summed E-state index contributed by atoms with van der Waals surface area (Å²) in [4.78, 5) is 31.0. The monoisotopic (exact) mass is 471 g/mol. The summed E-state index contributed by atoms with van der Waals surface area (Å²) in [5.41, 5.74) is 5.19. The Morgan fingerprint density at radius 1 is 1.12 bits per heavy atom. The number of aromatic nitrogens is 4. The molecule has 34 heavy (non-hydrogen) atoms. The van der Waals surface area contributed by atoms with Crippen LogP contribution in [0.4, 0.5) is 5.69 Å². The fourth-order valence-electron chi connectivity index (χ4n) is 3.74. The second-order valence-corrected chi connectivity index (χ2v) is 8.87. The van der Waals surface area contributed by atoms with E-state index in [0.29, 0.717) is 21.8 Å². The van der Waals surface area contributed by atoms with Gasteiger partial charge in [0, 0.05) is 35.2 Å². The van der Waals surface area contributed by atoms with E-state index in [1.807, 2.05) is 55.6 Å². The van der Waals surface area contributed by atoms with Gasteiger partial charge >= 0.3 is 0 Å². The Labute approximate surface area is 198 Å². The zero-order chi connectivity index (χ0) is 23.7. The number of nitrogens with zero attached hydrogens (tertiary/aromatic N) is 4. The van der Waals surface area contributed by atoms with Crippen LogP contribution >= 0.6 is 11.3 Å². The van der Waals surface area contributed by atoms with Gasteiger partial charge in [-0.1, -0.05) is 29.8 Å². The molecule has 170 valence electrons. The summed E-state index contributed by atoms with van der Waals surface area (Å²) in [7, 11) is 0. The van der Waals surface area contributed by atoms with Gasteiger partial charge in [-0.25, -0.2) is 4.98 Å². The van der Waals surface area contributed by atoms with E-state index < -0.39 is 0 Å². The molecule has 0 radical (unpaired) electrons. The molecule has 5 rings (SSSR count). The fourth-order valence-corrected chi connectivity index (χ4v) is 4.65. The topological polar surface area (TPSA) is 103 Å². The first kappa shape index (κ1) is 21.7. The summed E-state index contributed by atoms with van der Waals surface area (Å²) < 4.78 is 6.71. The molecular formula is C25H21N5O3S. The number of anilines is 1. The third-order valence-corrected chi connectivity index (χ3v) is 6.50. The quantitative estimate of drug-likeness (QED) is 0.381. The minimum atomic E-state index is -0.190. The minimum Gasteiger partial charge on any atom is -0.423 e. The van der Waals surface area contributed by atoms with Crippen LogP contribution in [0, 0.1) is 13.8 Å². The summed E-state index contributed by atoms with van der Waals surface area (Å²) in [6.45, 7) is 4.15. The summed E-state index contributed by atoms with van der Waals surface area (Å²) in [6, 6.07) is 13.5. The predicted octanol–water partition coefficient (Wildman–Crippen LogP) is 4.82. The molecule has 0 saturated heterocycles. The number of benzene rings is 2. The van der Waals surface area contributed by atoms with Gasteiger partial charge < -0.3 is 9.73 Å². The number of rotatable bonds is 6. The Kier molecular flexibility index (Phi) is 5.77. The normalized spacial score (nSPS) is 11.1. The van der Waals surface area contributed by atoms with Crippen molar-refractivity contribution in [1.29, 1.82) is 0 Å². The Balaban J connectivity index is 1.32. The van der Waals surface area contributed by atoms with E-state index in [0.717, 1.165) is 27.8 Å². The van der Waals surface area contributed by atoms with E-state index in [1.54, 1.807) is 6.07 Å². The molecule has 2 aromatic carbocycles. The maximum atomic E-state index is 13.2. The van der Waals surface area contributed by atoms with Crippen LogP contribution in [0.5, 0.6) is 0 Å². The number of nitrogens with one attached hydrogen (secondary N) is 1. The van der Waals surface area contributed by atoms with Crippen LogP contribution in [0.3, 0.4) is 0 Å². The third-order valence-electron chi connectivity index (χ3n) is 5.61. The van der Waals surface area contributed by atoms with Gasteiger partial charge in [0.15, 0.2) is 0 Å². The summed E-state index contributed by atoms with van der Waals surface area (Å²) in [5, 5.41) is 13.0. The lowest BCUT2D eigenvalue weighted by molar-refractivity contribution is -0.116. The molecule has 3 aromatic heterocycles. The molecule has 0 bridgehead atoms. The maximum absolute atomic E-state index is 13.2. The molecule has 5 aromatic rings. The Morgan fingerprint density at radius 3 is 2.65 bits per heavy atom. The molecule has 1 N–H and O–H groups in total. The fraction of sp³-hybridized carbons (Fsp3) is 0.160. The van der Waals surface area contributed by atoms with E-state index in [1.165, 1.54) is 28.6 Å². The van der Waals surface area contributed by atoms with Crippen molar-refractivity contribution in [2.45, 2.75) is 26.8 Å². The zero-order valence-corrected chi connectivity index (χ0v) is 19.4. The number of hydrogen-bond acceptors (Lipinski definition) is 7. The first-order valence-electron chi connectivity index (χ1n) is 10.7. The number of carbonyl (C=O) groups excluding carboxylic acids is 1. The molecule has 0 fully saturated rings. The van der Waals surface area contributed by atoms with Crippen molar-refractivity contribution in [1.82, 2.24) is 19.7 Å². The molecule has 0 spiro atoms. The van der Waals surface area contributed by atoms with Gasteiger partial charge in [-0.2, -0.15) is 0 Å². The van der Waals surface area contributed by atoms with Gasteiger partial charge in [0.1, 0.15) is 4.83 Å². The van der Waals surface area contributed by atoms with Gasteiger partial charge in [-0.3, -0.25) is 14.2 Å². The Bertz CT molecular complexity index is 1540. The van der Waals surface area contributed by atoms with Crippen molar-refractivity contribution in [2.24, 2.45) is 0 Å². The molecule has 8 nitrogen and oxygen atoms in total. The number of amides is 1. The highest BCUT2D eigenvalue weighted by Crippen LogP contribution is 2.30. The molecule has 3 heterocycles.